The molecule has 23 heavy (non-hydrogen) atoms. The molecule has 1 N–H and O–H groups in total. The fourth-order valence-electron chi connectivity index (χ4n) is 2.18. The van der Waals surface area contributed by atoms with Crippen LogP contribution in [0.15, 0.2) is 29.6 Å². The summed E-state index contributed by atoms with van der Waals surface area (Å²) in [5.74, 6) is -0.0237. The summed E-state index contributed by atoms with van der Waals surface area (Å²) in [5.41, 5.74) is 3.28. The molecule has 6 heteroatoms. The largest absolute Gasteiger partial charge is 0.382 e. The Morgan fingerprint density at radius 2 is 2.09 bits per heavy atom. The number of thiazole rings is 1. The molecule has 0 aliphatic rings. The molecule has 1 aromatic heterocycles. The van der Waals surface area contributed by atoms with Crippen LogP contribution in [0.1, 0.15) is 18.9 Å². The van der Waals surface area contributed by atoms with Crippen LogP contribution in [0, 0.1) is 10.9 Å². The summed E-state index contributed by atoms with van der Waals surface area (Å²) in [6.45, 7) is 6.26. The van der Waals surface area contributed by atoms with Crippen molar-refractivity contribution in [3.63, 3.8) is 0 Å². The first-order valence-corrected chi connectivity index (χ1v) is 9.00. The standard InChI is InChI=1S/C17H22N2O2S2/c1-3-21-10-4-9-18-16(20)11-19-15(12-23-17(19)22)14-7-5-13(2)6-8-14/h5-8,12H,3-4,9-11H2,1-2H3,(H,18,20). The number of aromatic nitrogens is 1. The second-order valence-corrected chi connectivity index (χ2v) is 6.74. The molecule has 0 unspecified atom stereocenters. The van der Waals surface area contributed by atoms with E-state index in [1.807, 2.05) is 16.9 Å². The molecule has 0 saturated carbocycles. The zero-order valence-corrected chi connectivity index (χ0v) is 15.1. The molecule has 1 heterocycles. The predicted octanol–water partition coefficient (Wildman–Crippen LogP) is 3.80. The van der Waals surface area contributed by atoms with Crippen LogP contribution in [-0.4, -0.2) is 30.2 Å². The van der Waals surface area contributed by atoms with Crippen LogP contribution in [0.25, 0.3) is 11.3 Å². The smallest absolute Gasteiger partial charge is 0.240 e. The zero-order chi connectivity index (χ0) is 16.7. The van der Waals surface area contributed by atoms with Crippen LogP contribution in [0.3, 0.4) is 0 Å². The Labute approximate surface area is 146 Å². The van der Waals surface area contributed by atoms with E-state index in [0.717, 1.165) is 17.7 Å². The second-order valence-electron chi connectivity index (χ2n) is 5.24. The van der Waals surface area contributed by atoms with Gasteiger partial charge in [-0.25, -0.2) is 0 Å². The number of nitrogens with one attached hydrogen (secondary N) is 1. The van der Waals surface area contributed by atoms with Crippen LogP contribution in [-0.2, 0) is 16.1 Å². The maximum atomic E-state index is 12.1. The van der Waals surface area contributed by atoms with Crippen LogP contribution >= 0.6 is 23.6 Å². The molecule has 4 nitrogen and oxygen atoms in total. The predicted molar refractivity (Wildman–Crippen MR) is 97.4 cm³/mol. The third-order valence-corrected chi connectivity index (χ3v) is 4.70. The summed E-state index contributed by atoms with van der Waals surface area (Å²) < 4.78 is 7.86. The lowest BCUT2D eigenvalue weighted by molar-refractivity contribution is -0.121. The van der Waals surface area contributed by atoms with E-state index >= 15 is 0 Å². The van der Waals surface area contributed by atoms with Crippen molar-refractivity contribution < 1.29 is 9.53 Å². The third-order valence-electron chi connectivity index (χ3n) is 3.42. The number of aryl methyl sites for hydroxylation is 1. The summed E-state index contributed by atoms with van der Waals surface area (Å²) >= 11 is 6.85. The molecular formula is C17H22N2O2S2. The van der Waals surface area contributed by atoms with Crippen LogP contribution in [0.2, 0.25) is 0 Å². The Hall–Kier alpha value is -1.50. The number of carbonyl (C=O) groups excluding carboxylic acids is 1. The minimum atomic E-state index is -0.0237. The summed E-state index contributed by atoms with van der Waals surface area (Å²) in [5, 5.41) is 4.92. The van der Waals surface area contributed by atoms with Gasteiger partial charge in [0.15, 0.2) is 3.95 Å². The number of carbonyl (C=O) groups is 1. The molecule has 0 spiro atoms. The maximum absolute atomic E-state index is 12.1. The van der Waals surface area contributed by atoms with Crippen molar-refractivity contribution in [1.82, 2.24) is 9.88 Å². The van der Waals surface area contributed by atoms with Crippen molar-refractivity contribution in [2.75, 3.05) is 19.8 Å². The van der Waals surface area contributed by atoms with Gasteiger partial charge in [-0.1, -0.05) is 29.8 Å². The summed E-state index contributed by atoms with van der Waals surface area (Å²) in [7, 11) is 0. The normalized spacial score (nSPS) is 10.7. The van der Waals surface area contributed by atoms with Crippen molar-refractivity contribution in [1.29, 1.82) is 0 Å². The Balaban J connectivity index is 2.00. The van der Waals surface area contributed by atoms with Gasteiger partial charge in [0.05, 0.1) is 5.69 Å². The van der Waals surface area contributed by atoms with E-state index in [1.165, 1.54) is 16.9 Å². The molecule has 124 valence electrons. The van der Waals surface area contributed by atoms with Gasteiger partial charge in [-0.2, -0.15) is 0 Å². The Kier molecular flexibility index (Phi) is 6.95. The van der Waals surface area contributed by atoms with E-state index in [2.05, 4.69) is 36.5 Å². The average molecular weight is 351 g/mol. The lowest BCUT2D eigenvalue weighted by Gasteiger charge is -2.10. The molecule has 2 aromatic rings. The van der Waals surface area contributed by atoms with E-state index in [0.29, 0.717) is 23.7 Å². The molecule has 0 radical (unpaired) electrons. The number of benzene rings is 1. The highest BCUT2D eigenvalue weighted by molar-refractivity contribution is 7.73. The van der Waals surface area contributed by atoms with Gasteiger partial charge in [0.25, 0.3) is 0 Å². The van der Waals surface area contributed by atoms with Gasteiger partial charge >= 0.3 is 0 Å². The van der Waals surface area contributed by atoms with Crippen molar-refractivity contribution in [3.05, 3.63) is 39.2 Å². The lowest BCUT2D eigenvalue weighted by atomic mass is 10.1. The Morgan fingerprint density at radius 1 is 1.35 bits per heavy atom. The first kappa shape index (κ1) is 17.8. The quantitative estimate of drug-likeness (QED) is 0.582. The van der Waals surface area contributed by atoms with Gasteiger partial charge in [0.1, 0.15) is 6.54 Å². The van der Waals surface area contributed by atoms with Crippen molar-refractivity contribution in [2.24, 2.45) is 0 Å². The van der Waals surface area contributed by atoms with Crippen LogP contribution < -0.4 is 5.32 Å². The number of nitrogens with zero attached hydrogens (tertiary/aromatic N) is 1. The Bertz CT molecular complexity index is 689. The second kappa shape index (κ2) is 8.96. The van der Waals surface area contributed by atoms with E-state index in [-0.39, 0.29) is 12.5 Å². The van der Waals surface area contributed by atoms with Crippen LogP contribution in [0.5, 0.6) is 0 Å². The SMILES string of the molecule is CCOCCCNC(=O)Cn1c(-c2ccc(C)cc2)csc1=S. The molecule has 2 rings (SSSR count). The number of ether oxygens (including phenoxy) is 1. The number of amides is 1. The first-order valence-electron chi connectivity index (χ1n) is 7.71. The zero-order valence-electron chi connectivity index (χ0n) is 13.5. The fourth-order valence-corrected chi connectivity index (χ4v) is 3.25. The highest BCUT2D eigenvalue weighted by atomic mass is 32.1. The van der Waals surface area contributed by atoms with Crippen molar-refractivity contribution >= 4 is 29.5 Å². The molecule has 1 amide bonds. The molecule has 0 aliphatic carbocycles. The fraction of sp³-hybridized carbons (Fsp3) is 0.412. The van der Waals surface area contributed by atoms with Gasteiger partial charge < -0.3 is 14.6 Å². The topological polar surface area (TPSA) is 43.3 Å². The highest BCUT2D eigenvalue weighted by Crippen LogP contribution is 2.24. The number of rotatable bonds is 8. The van der Waals surface area contributed by atoms with Gasteiger partial charge in [0.2, 0.25) is 5.91 Å². The van der Waals surface area contributed by atoms with Gasteiger partial charge in [0, 0.05) is 25.1 Å². The van der Waals surface area contributed by atoms with E-state index < -0.39 is 0 Å². The van der Waals surface area contributed by atoms with E-state index in [1.54, 1.807) is 0 Å². The maximum Gasteiger partial charge on any atom is 0.240 e. The minimum absolute atomic E-state index is 0.0237. The van der Waals surface area contributed by atoms with Gasteiger partial charge in [-0.15, -0.1) is 11.3 Å². The molecule has 0 aliphatic heterocycles. The average Bonchev–Trinajstić information content (AvgIpc) is 2.89. The van der Waals surface area contributed by atoms with Gasteiger partial charge in [-0.3, -0.25) is 4.79 Å². The molecule has 1 aromatic carbocycles. The van der Waals surface area contributed by atoms with Crippen molar-refractivity contribution in [2.45, 2.75) is 26.8 Å². The highest BCUT2D eigenvalue weighted by Gasteiger charge is 2.10. The summed E-state index contributed by atoms with van der Waals surface area (Å²) in [6, 6.07) is 8.24. The molecule has 0 fully saturated rings. The molecule has 0 bridgehead atoms. The Morgan fingerprint density at radius 3 is 2.78 bits per heavy atom. The van der Waals surface area contributed by atoms with Gasteiger partial charge in [-0.05, 0) is 38.0 Å². The summed E-state index contributed by atoms with van der Waals surface area (Å²) in [4.78, 5) is 12.1. The first-order chi connectivity index (χ1) is 11.1. The number of hydrogen-bond acceptors (Lipinski definition) is 4. The summed E-state index contributed by atoms with van der Waals surface area (Å²) in [6.07, 6.45) is 0.819. The monoisotopic (exact) mass is 350 g/mol. The minimum Gasteiger partial charge on any atom is -0.382 e. The molecular weight excluding hydrogens is 328 g/mol. The lowest BCUT2D eigenvalue weighted by Crippen LogP contribution is -2.29. The molecule has 0 saturated heterocycles. The third kappa shape index (κ3) is 5.27. The molecule has 0 atom stereocenters. The van der Waals surface area contributed by atoms with E-state index in [4.69, 9.17) is 17.0 Å². The van der Waals surface area contributed by atoms with Crippen LogP contribution in [0.4, 0.5) is 0 Å². The van der Waals surface area contributed by atoms with E-state index in [9.17, 15) is 4.79 Å². The van der Waals surface area contributed by atoms with Crippen molar-refractivity contribution in [3.8, 4) is 11.3 Å². The number of hydrogen-bond donors (Lipinski definition) is 1.